The molecule has 0 aliphatic carbocycles. The number of aromatic nitrogens is 1. The second kappa shape index (κ2) is 8.45. The third kappa shape index (κ3) is 4.25. The summed E-state index contributed by atoms with van der Waals surface area (Å²) in [5.41, 5.74) is 1.48. The van der Waals surface area contributed by atoms with Crippen LogP contribution in [0, 0.1) is 0 Å². The third-order valence-electron chi connectivity index (χ3n) is 3.56. The Labute approximate surface area is 161 Å². The lowest BCUT2D eigenvalue weighted by atomic mass is 10.2. The van der Waals surface area contributed by atoms with Crippen LogP contribution >= 0.6 is 23.3 Å². The Balaban J connectivity index is 1.88. The van der Waals surface area contributed by atoms with Gasteiger partial charge in [-0.15, -0.1) is 0 Å². The standard InChI is InChI=1S/C18H15F2NO4S2/c1-23-13-9-11(10-14(24-2)16(13)25-17(19)20)7-8-26-21-12-5-3-4-6-15(12)27-18(21)22/h3-10,17H,1-2H3/b8-7+. The van der Waals surface area contributed by atoms with Crippen LogP contribution in [0.5, 0.6) is 17.2 Å². The maximum Gasteiger partial charge on any atom is 0.387 e. The van der Waals surface area contributed by atoms with Gasteiger partial charge in [0.2, 0.25) is 5.75 Å². The highest BCUT2D eigenvalue weighted by Crippen LogP contribution is 2.40. The SMILES string of the molecule is COc1cc(/C=C/Sn2c(=O)sc3ccccc32)cc(OC)c1OC(F)F. The fraction of sp³-hybridized carbons (Fsp3) is 0.167. The number of fused-ring (bicyclic) bond motifs is 1. The molecule has 3 aromatic rings. The number of benzene rings is 2. The zero-order valence-electron chi connectivity index (χ0n) is 14.3. The van der Waals surface area contributed by atoms with Gasteiger partial charge in [0.05, 0.1) is 24.4 Å². The van der Waals surface area contributed by atoms with Crippen molar-refractivity contribution in [2.24, 2.45) is 0 Å². The van der Waals surface area contributed by atoms with E-state index in [2.05, 4.69) is 4.74 Å². The number of halogens is 2. The molecule has 0 unspecified atom stereocenters. The molecule has 0 aliphatic heterocycles. The average molecular weight is 411 g/mol. The molecule has 0 bridgehead atoms. The van der Waals surface area contributed by atoms with Crippen molar-refractivity contribution >= 4 is 39.6 Å². The Morgan fingerprint density at radius 1 is 1.15 bits per heavy atom. The minimum Gasteiger partial charge on any atom is -0.493 e. The summed E-state index contributed by atoms with van der Waals surface area (Å²) in [5.74, 6) is 0.0785. The van der Waals surface area contributed by atoms with Gasteiger partial charge in [0.1, 0.15) is 0 Å². The van der Waals surface area contributed by atoms with Crippen molar-refractivity contribution in [2.45, 2.75) is 6.61 Å². The van der Waals surface area contributed by atoms with Crippen LogP contribution < -0.4 is 19.1 Å². The highest BCUT2D eigenvalue weighted by molar-refractivity contribution is 8.01. The van der Waals surface area contributed by atoms with Crippen molar-refractivity contribution in [1.82, 2.24) is 3.97 Å². The molecule has 5 nitrogen and oxygen atoms in total. The fourth-order valence-corrected chi connectivity index (χ4v) is 4.19. The minimum atomic E-state index is -3.00. The first-order valence-electron chi connectivity index (χ1n) is 7.68. The van der Waals surface area contributed by atoms with Gasteiger partial charge in [-0.1, -0.05) is 23.5 Å². The van der Waals surface area contributed by atoms with Crippen LogP contribution in [-0.4, -0.2) is 24.8 Å². The van der Waals surface area contributed by atoms with Crippen molar-refractivity contribution in [1.29, 1.82) is 0 Å². The van der Waals surface area contributed by atoms with E-state index in [9.17, 15) is 13.6 Å². The summed E-state index contributed by atoms with van der Waals surface area (Å²) in [4.78, 5) is 12.0. The monoisotopic (exact) mass is 411 g/mol. The molecule has 0 spiro atoms. The lowest BCUT2D eigenvalue weighted by Crippen LogP contribution is -2.05. The lowest BCUT2D eigenvalue weighted by molar-refractivity contribution is -0.0526. The number of methoxy groups -OCH3 is 2. The Bertz CT molecular complexity index is 1000. The summed E-state index contributed by atoms with van der Waals surface area (Å²) < 4.78 is 42.4. The normalized spacial score (nSPS) is 11.4. The summed E-state index contributed by atoms with van der Waals surface area (Å²) >= 11 is 2.39. The van der Waals surface area contributed by atoms with Crippen LogP contribution in [0.1, 0.15) is 5.56 Å². The molecule has 2 aromatic carbocycles. The van der Waals surface area contributed by atoms with Crippen LogP contribution in [0.3, 0.4) is 0 Å². The number of thiazole rings is 1. The Hall–Kier alpha value is -2.52. The molecule has 0 saturated carbocycles. The summed E-state index contributed by atoms with van der Waals surface area (Å²) in [6.45, 7) is -3.00. The van der Waals surface area contributed by atoms with E-state index in [1.165, 1.54) is 37.5 Å². The molecular formula is C18H15F2NO4S2. The van der Waals surface area contributed by atoms with Gasteiger partial charge in [-0.3, -0.25) is 4.79 Å². The fourth-order valence-electron chi connectivity index (χ4n) is 2.42. The summed E-state index contributed by atoms with van der Waals surface area (Å²) in [6, 6.07) is 10.6. The number of ether oxygens (including phenoxy) is 3. The molecule has 3 rings (SSSR count). The number of alkyl halides is 2. The smallest absolute Gasteiger partial charge is 0.387 e. The largest absolute Gasteiger partial charge is 0.493 e. The van der Waals surface area contributed by atoms with Gasteiger partial charge >= 0.3 is 11.5 Å². The number of nitrogens with zero attached hydrogens (tertiary/aromatic N) is 1. The Morgan fingerprint density at radius 3 is 2.44 bits per heavy atom. The predicted molar refractivity (Wildman–Crippen MR) is 104 cm³/mol. The van der Waals surface area contributed by atoms with Crippen LogP contribution in [-0.2, 0) is 0 Å². The predicted octanol–water partition coefficient (Wildman–Crippen LogP) is 4.85. The highest BCUT2D eigenvalue weighted by atomic mass is 32.2. The Kier molecular flexibility index (Phi) is 6.02. The van der Waals surface area contributed by atoms with Gasteiger partial charge in [0.25, 0.3) is 0 Å². The minimum absolute atomic E-state index is 0.0818. The van der Waals surface area contributed by atoms with E-state index in [4.69, 9.17) is 9.47 Å². The molecule has 9 heteroatoms. The third-order valence-corrected chi connectivity index (χ3v) is 5.43. The first kappa shape index (κ1) is 19.2. The molecule has 142 valence electrons. The average Bonchev–Trinajstić information content (AvgIpc) is 2.97. The molecule has 1 heterocycles. The first-order chi connectivity index (χ1) is 13.0. The van der Waals surface area contributed by atoms with Crippen LogP contribution in [0.25, 0.3) is 16.3 Å². The van der Waals surface area contributed by atoms with E-state index in [0.717, 1.165) is 10.2 Å². The molecule has 0 fully saturated rings. The summed E-state index contributed by atoms with van der Waals surface area (Å²) in [7, 11) is 2.71. The lowest BCUT2D eigenvalue weighted by Gasteiger charge is -2.14. The first-order valence-corrected chi connectivity index (χ1v) is 9.34. The van der Waals surface area contributed by atoms with Crippen LogP contribution in [0.4, 0.5) is 8.78 Å². The molecule has 27 heavy (non-hydrogen) atoms. The van der Waals surface area contributed by atoms with Crippen molar-refractivity contribution in [3.8, 4) is 17.2 Å². The van der Waals surface area contributed by atoms with Gasteiger partial charge in [0, 0.05) is 0 Å². The molecule has 0 saturated heterocycles. The molecule has 0 aliphatic rings. The number of hydrogen-bond donors (Lipinski definition) is 0. The second-order valence-corrected chi connectivity index (χ2v) is 7.01. The molecule has 0 radical (unpaired) electrons. The second-order valence-electron chi connectivity index (χ2n) is 5.17. The van der Waals surface area contributed by atoms with Gasteiger partial charge in [0.15, 0.2) is 11.5 Å². The van der Waals surface area contributed by atoms with E-state index >= 15 is 0 Å². The van der Waals surface area contributed by atoms with E-state index in [1.54, 1.807) is 27.6 Å². The quantitative estimate of drug-likeness (QED) is 0.556. The molecule has 0 atom stereocenters. The van der Waals surface area contributed by atoms with E-state index < -0.39 is 6.61 Å². The molecular weight excluding hydrogens is 396 g/mol. The number of para-hydroxylation sites is 1. The Morgan fingerprint density at radius 2 is 1.81 bits per heavy atom. The molecule has 0 N–H and O–H groups in total. The topological polar surface area (TPSA) is 49.7 Å². The van der Waals surface area contributed by atoms with E-state index in [0.29, 0.717) is 5.56 Å². The van der Waals surface area contributed by atoms with Crippen LogP contribution in [0.2, 0.25) is 0 Å². The molecule has 0 amide bonds. The highest BCUT2D eigenvalue weighted by Gasteiger charge is 2.17. The van der Waals surface area contributed by atoms with Crippen molar-refractivity contribution in [3.63, 3.8) is 0 Å². The number of hydrogen-bond acceptors (Lipinski definition) is 6. The van der Waals surface area contributed by atoms with E-state index in [1.807, 2.05) is 24.3 Å². The van der Waals surface area contributed by atoms with Crippen molar-refractivity contribution < 1.29 is 23.0 Å². The van der Waals surface area contributed by atoms with E-state index in [-0.39, 0.29) is 22.1 Å². The van der Waals surface area contributed by atoms with Gasteiger partial charge < -0.3 is 14.2 Å². The van der Waals surface area contributed by atoms with Crippen molar-refractivity contribution in [2.75, 3.05) is 14.2 Å². The van der Waals surface area contributed by atoms with Crippen LogP contribution in [0.15, 0.2) is 46.6 Å². The van der Waals surface area contributed by atoms with Gasteiger partial charge in [-0.2, -0.15) is 8.78 Å². The zero-order chi connectivity index (χ0) is 19.4. The van der Waals surface area contributed by atoms with Gasteiger partial charge in [-0.25, -0.2) is 3.97 Å². The summed E-state index contributed by atoms with van der Waals surface area (Å²) in [6.07, 6.45) is 1.72. The molecule has 1 aromatic heterocycles. The zero-order valence-corrected chi connectivity index (χ0v) is 16.0. The number of rotatable bonds is 7. The maximum atomic E-state index is 12.6. The summed E-state index contributed by atoms with van der Waals surface area (Å²) in [5, 5.41) is 1.72. The maximum absolute atomic E-state index is 12.6. The van der Waals surface area contributed by atoms with Crippen molar-refractivity contribution in [3.05, 3.63) is 57.0 Å². The van der Waals surface area contributed by atoms with Gasteiger partial charge in [-0.05, 0) is 53.3 Å².